The molecule has 7 heterocycles. The molecule has 0 saturated carbocycles. The van der Waals surface area contributed by atoms with E-state index in [1.165, 1.54) is 0 Å². The molecule has 4 N–H and O–H groups in total. The first-order chi connectivity index (χ1) is 16.7. The monoisotopic (exact) mass is 466 g/mol. The third kappa shape index (κ3) is 3.05. The standard InChI is InChI=1S/C23H18N10S/c24-12-10-33(11-12)19-9-26-7-16(27-19)14-3-4-15-21(28-14)22(32-31-15)23-29-17-8-25-6-13(20(17)30-23)18-2-1-5-34-18/h1-9,12H,10-11,24H2,(H,29,30)(H,31,32). The van der Waals surface area contributed by atoms with Crippen LogP contribution < -0.4 is 10.6 Å². The molecule has 10 nitrogen and oxygen atoms in total. The van der Waals surface area contributed by atoms with Gasteiger partial charge in [-0.1, -0.05) is 6.07 Å². The van der Waals surface area contributed by atoms with Crippen LogP contribution >= 0.6 is 11.3 Å². The van der Waals surface area contributed by atoms with Crippen molar-refractivity contribution in [3.8, 4) is 33.3 Å². The number of fused-ring (bicyclic) bond motifs is 2. The molecule has 0 spiro atoms. The Bertz CT molecular complexity index is 1650. The lowest BCUT2D eigenvalue weighted by molar-refractivity contribution is 0.514. The van der Waals surface area contributed by atoms with Gasteiger partial charge < -0.3 is 15.6 Å². The highest BCUT2D eigenvalue weighted by Crippen LogP contribution is 2.33. The number of anilines is 1. The molecule has 0 aliphatic carbocycles. The average molecular weight is 467 g/mol. The van der Waals surface area contributed by atoms with Crippen molar-refractivity contribution in [3.05, 3.63) is 54.4 Å². The Morgan fingerprint density at radius 1 is 0.912 bits per heavy atom. The maximum Gasteiger partial charge on any atom is 0.161 e. The van der Waals surface area contributed by atoms with Gasteiger partial charge in [-0.3, -0.25) is 15.1 Å². The van der Waals surface area contributed by atoms with Crippen molar-refractivity contribution in [2.24, 2.45) is 5.73 Å². The van der Waals surface area contributed by atoms with Crippen LogP contribution in [0.15, 0.2) is 54.4 Å². The first kappa shape index (κ1) is 19.3. The topological polar surface area (TPSA) is 138 Å². The van der Waals surface area contributed by atoms with Crippen LogP contribution in [0.25, 0.3) is 55.4 Å². The lowest BCUT2D eigenvalue weighted by Gasteiger charge is -2.37. The number of nitrogens with one attached hydrogen (secondary N) is 2. The van der Waals surface area contributed by atoms with E-state index in [0.717, 1.165) is 45.9 Å². The third-order valence-corrected chi connectivity index (χ3v) is 6.83. The van der Waals surface area contributed by atoms with Crippen molar-refractivity contribution in [2.45, 2.75) is 6.04 Å². The Balaban J connectivity index is 1.31. The number of thiophene rings is 1. The van der Waals surface area contributed by atoms with E-state index in [-0.39, 0.29) is 6.04 Å². The van der Waals surface area contributed by atoms with E-state index < -0.39 is 0 Å². The predicted octanol–water partition coefficient (Wildman–Crippen LogP) is 3.23. The molecule has 0 bridgehead atoms. The molecule has 6 aromatic rings. The van der Waals surface area contributed by atoms with E-state index >= 15 is 0 Å². The average Bonchev–Trinajstić information content (AvgIpc) is 3.60. The van der Waals surface area contributed by atoms with E-state index in [4.69, 9.17) is 20.7 Å². The Labute approximate surface area is 196 Å². The van der Waals surface area contributed by atoms with Gasteiger partial charge in [0.1, 0.15) is 22.5 Å². The fourth-order valence-corrected chi connectivity index (χ4v) is 4.93. The smallest absolute Gasteiger partial charge is 0.161 e. The van der Waals surface area contributed by atoms with Crippen molar-refractivity contribution in [3.63, 3.8) is 0 Å². The zero-order chi connectivity index (χ0) is 22.6. The summed E-state index contributed by atoms with van der Waals surface area (Å²) in [5.41, 5.74) is 12.2. The predicted molar refractivity (Wildman–Crippen MR) is 131 cm³/mol. The SMILES string of the molecule is NC1CN(c2cncc(-c3ccc4[nH]nc(-c5nc6c(-c7cccs7)cncc6[nH]5)c4n3)n2)C1. The highest BCUT2D eigenvalue weighted by molar-refractivity contribution is 7.13. The van der Waals surface area contributed by atoms with Gasteiger partial charge in [0.2, 0.25) is 0 Å². The summed E-state index contributed by atoms with van der Waals surface area (Å²) in [7, 11) is 0. The first-order valence-electron chi connectivity index (χ1n) is 10.8. The maximum absolute atomic E-state index is 5.92. The van der Waals surface area contributed by atoms with E-state index in [1.54, 1.807) is 29.9 Å². The Morgan fingerprint density at radius 3 is 2.68 bits per heavy atom. The molecule has 1 aliphatic heterocycles. The molecule has 1 fully saturated rings. The van der Waals surface area contributed by atoms with E-state index in [2.05, 4.69) is 36.1 Å². The summed E-state index contributed by atoms with van der Waals surface area (Å²) in [4.78, 5) is 29.8. The number of hydrogen-bond donors (Lipinski definition) is 3. The molecule has 7 rings (SSSR count). The van der Waals surface area contributed by atoms with Crippen LogP contribution in [-0.2, 0) is 0 Å². The number of nitrogens with zero attached hydrogens (tertiary/aromatic N) is 7. The van der Waals surface area contributed by atoms with Gasteiger partial charge in [0, 0.05) is 35.8 Å². The molecule has 0 aromatic carbocycles. The van der Waals surface area contributed by atoms with Gasteiger partial charge in [-0.05, 0) is 23.6 Å². The summed E-state index contributed by atoms with van der Waals surface area (Å²) in [6.45, 7) is 1.57. The van der Waals surface area contributed by atoms with E-state index in [1.807, 2.05) is 29.8 Å². The molecule has 1 aliphatic rings. The lowest BCUT2D eigenvalue weighted by atomic mass is 10.1. The van der Waals surface area contributed by atoms with Crippen LogP contribution in [0.3, 0.4) is 0 Å². The molecule has 166 valence electrons. The summed E-state index contributed by atoms with van der Waals surface area (Å²) in [6.07, 6.45) is 7.09. The number of H-pyrrole nitrogens is 2. The number of imidazole rings is 1. The largest absolute Gasteiger partial charge is 0.352 e. The zero-order valence-corrected chi connectivity index (χ0v) is 18.6. The minimum absolute atomic E-state index is 0.188. The van der Waals surface area contributed by atoms with Gasteiger partial charge in [0.25, 0.3) is 0 Å². The van der Waals surface area contributed by atoms with Crippen molar-refractivity contribution >= 4 is 39.2 Å². The molecule has 6 aromatic heterocycles. The highest BCUT2D eigenvalue weighted by atomic mass is 32.1. The summed E-state index contributed by atoms with van der Waals surface area (Å²) < 4.78 is 0. The minimum atomic E-state index is 0.188. The molecule has 0 atom stereocenters. The molecular weight excluding hydrogens is 448 g/mol. The van der Waals surface area contributed by atoms with Gasteiger partial charge in [-0.15, -0.1) is 11.3 Å². The number of nitrogens with two attached hydrogens (primary N) is 1. The van der Waals surface area contributed by atoms with Crippen LogP contribution in [0, 0.1) is 0 Å². The molecule has 11 heteroatoms. The van der Waals surface area contributed by atoms with E-state index in [9.17, 15) is 0 Å². The van der Waals surface area contributed by atoms with Crippen LogP contribution in [0.1, 0.15) is 0 Å². The lowest BCUT2D eigenvalue weighted by Crippen LogP contribution is -2.56. The zero-order valence-electron chi connectivity index (χ0n) is 17.8. The van der Waals surface area contributed by atoms with Crippen LogP contribution in [0.2, 0.25) is 0 Å². The number of pyridine rings is 2. The highest BCUT2D eigenvalue weighted by Gasteiger charge is 2.25. The second-order valence-electron chi connectivity index (χ2n) is 8.24. The van der Waals surface area contributed by atoms with Crippen LogP contribution in [-0.4, -0.2) is 59.2 Å². The maximum atomic E-state index is 5.92. The van der Waals surface area contributed by atoms with Crippen molar-refractivity contribution in [1.82, 2.24) is 40.1 Å². The third-order valence-electron chi connectivity index (χ3n) is 5.93. The fourth-order valence-electron chi connectivity index (χ4n) is 4.20. The van der Waals surface area contributed by atoms with Gasteiger partial charge in [-0.2, -0.15) is 5.10 Å². The number of aromatic amines is 2. The molecule has 0 unspecified atom stereocenters. The molecule has 34 heavy (non-hydrogen) atoms. The minimum Gasteiger partial charge on any atom is -0.352 e. The first-order valence-corrected chi connectivity index (χ1v) is 11.7. The quantitative estimate of drug-likeness (QED) is 0.360. The Morgan fingerprint density at radius 2 is 1.82 bits per heavy atom. The van der Waals surface area contributed by atoms with Gasteiger partial charge >= 0.3 is 0 Å². The van der Waals surface area contributed by atoms with Crippen LogP contribution in [0.4, 0.5) is 5.82 Å². The van der Waals surface area contributed by atoms with Gasteiger partial charge in [0.05, 0.1) is 35.3 Å². The van der Waals surface area contributed by atoms with Gasteiger partial charge in [0.15, 0.2) is 11.5 Å². The van der Waals surface area contributed by atoms with Crippen molar-refractivity contribution in [1.29, 1.82) is 0 Å². The number of hydrogen-bond acceptors (Lipinski definition) is 9. The van der Waals surface area contributed by atoms with Gasteiger partial charge in [-0.25, -0.2) is 15.0 Å². The fraction of sp³-hybridized carbons (Fsp3) is 0.130. The van der Waals surface area contributed by atoms with E-state index in [0.29, 0.717) is 28.4 Å². The second kappa shape index (κ2) is 7.40. The Hall–Kier alpha value is -4.22. The van der Waals surface area contributed by atoms with Crippen molar-refractivity contribution in [2.75, 3.05) is 18.0 Å². The molecule has 0 amide bonds. The number of rotatable bonds is 4. The normalized spacial score (nSPS) is 14.2. The summed E-state index contributed by atoms with van der Waals surface area (Å²) >= 11 is 1.66. The summed E-state index contributed by atoms with van der Waals surface area (Å²) in [5.74, 6) is 1.44. The van der Waals surface area contributed by atoms with Crippen LogP contribution in [0.5, 0.6) is 0 Å². The molecular formula is C23H18N10S. The molecule has 0 radical (unpaired) electrons. The summed E-state index contributed by atoms with van der Waals surface area (Å²) in [5, 5.41) is 9.61. The second-order valence-corrected chi connectivity index (χ2v) is 9.19. The molecule has 1 saturated heterocycles. The summed E-state index contributed by atoms with van der Waals surface area (Å²) in [6, 6.07) is 8.14. The van der Waals surface area contributed by atoms with Crippen molar-refractivity contribution < 1.29 is 0 Å². The Kier molecular flexibility index (Phi) is 4.19. The number of aromatic nitrogens is 8.